The number of hydrogen-bond donors (Lipinski definition) is 1. The van der Waals surface area contributed by atoms with E-state index in [-0.39, 0.29) is 6.04 Å². The van der Waals surface area contributed by atoms with E-state index in [9.17, 15) is 9.90 Å². The van der Waals surface area contributed by atoms with Gasteiger partial charge >= 0.3 is 5.97 Å². The Morgan fingerprint density at radius 3 is 2.59 bits per heavy atom. The lowest BCUT2D eigenvalue weighted by Gasteiger charge is -2.43. The molecule has 1 aliphatic rings. The van der Waals surface area contributed by atoms with E-state index in [0.29, 0.717) is 12.5 Å². The Hall–Kier alpha value is -1.39. The second-order valence-corrected chi connectivity index (χ2v) is 6.16. The van der Waals surface area contributed by atoms with E-state index in [0.717, 1.165) is 39.0 Å². The van der Waals surface area contributed by atoms with Gasteiger partial charge in [0.25, 0.3) is 0 Å². The molecule has 4 heteroatoms. The monoisotopic (exact) mass is 304 g/mol. The second kappa shape index (κ2) is 8.30. The van der Waals surface area contributed by atoms with Gasteiger partial charge in [0.15, 0.2) is 0 Å². The molecule has 1 saturated heterocycles. The van der Waals surface area contributed by atoms with Crippen molar-refractivity contribution in [2.45, 2.75) is 51.7 Å². The number of benzene rings is 1. The number of aliphatic carboxylic acids is 1. The van der Waals surface area contributed by atoms with Gasteiger partial charge in [-0.2, -0.15) is 0 Å². The van der Waals surface area contributed by atoms with Gasteiger partial charge in [-0.3, -0.25) is 14.6 Å². The maximum atomic E-state index is 11.4. The molecule has 1 N–H and O–H groups in total. The minimum Gasteiger partial charge on any atom is -0.480 e. The van der Waals surface area contributed by atoms with Gasteiger partial charge in [0, 0.05) is 32.2 Å². The molecule has 0 amide bonds. The molecule has 0 aromatic heterocycles. The van der Waals surface area contributed by atoms with Gasteiger partial charge in [0.2, 0.25) is 0 Å². The van der Waals surface area contributed by atoms with Gasteiger partial charge < -0.3 is 5.11 Å². The van der Waals surface area contributed by atoms with Crippen LogP contribution in [0.25, 0.3) is 0 Å². The van der Waals surface area contributed by atoms with Gasteiger partial charge in [0.1, 0.15) is 6.04 Å². The van der Waals surface area contributed by atoms with Crippen LogP contribution in [0.2, 0.25) is 0 Å². The van der Waals surface area contributed by atoms with Crippen LogP contribution in [0.1, 0.15) is 38.7 Å². The van der Waals surface area contributed by atoms with Crippen molar-refractivity contribution in [3.05, 3.63) is 35.9 Å². The number of carboxylic acid groups (broad SMARTS) is 1. The number of hydrogen-bond acceptors (Lipinski definition) is 3. The van der Waals surface area contributed by atoms with E-state index < -0.39 is 5.97 Å². The molecule has 0 bridgehead atoms. The van der Waals surface area contributed by atoms with Crippen LogP contribution in [0, 0.1) is 0 Å². The van der Waals surface area contributed by atoms with Crippen LogP contribution in [-0.2, 0) is 11.3 Å². The number of rotatable bonds is 7. The minimum atomic E-state index is -0.686. The lowest BCUT2D eigenvalue weighted by Crippen LogP contribution is -2.56. The molecule has 122 valence electrons. The molecule has 2 atom stereocenters. The fraction of sp³-hybridized carbons (Fsp3) is 0.611. The minimum absolute atomic E-state index is 0.335. The predicted octanol–water partition coefficient (Wildman–Crippen LogP) is 2.84. The molecule has 4 nitrogen and oxygen atoms in total. The van der Waals surface area contributed by atoms with Crippen molar-refractivity contribution < 1.29 is 9.90 Å². The number of carbonyl (C=O) groups is 1. The highest BCUT2D eigenvalue weighted by molar-refractivity contribution is 5.73. The summed E-state index contributed by atoms with van der Waals surface area (Å²) in [7, 11) is 0. The van der Waals surface area contributed by atoms with Crippen molar-refractivity contribution in [3.8, 4) is 0 Å². The maximum Gasteiger partial charge on any atom is 0.320 e. The summed E-state index contributed by atoms with van der Waals surface area (Å²) in [5, 5.41) is 9.39. The smallest absolute Gasteiger partial charge is 0.320 e. The molecule has 1 aromatic carbocycles. The molecule has 0 aliphatic carbocycles. The predicted molar refractivity (Wildman–Crippen MR) is 88.8 cm³/mol. The first kappa shape index (κ1) is 17.0. The average Bonchev–Trinajstić information content (AvgIpc) is 2.51. The number of piperazine rings is 1. The van der Waals surface area contributed by atoms with E-state index in [1.807, 2.05) is 13.0 Å². The first-order valence-corrected chi connectivity index (χ1v) is 8.40. The van der Waals surface area contributed by atoms with Crippen LogP contribution in [0.4, 0.5) is 0 Å². The Morgan fingerprint density at radius 1 is 1.27 bits per heavy atom. The standard InChI is InChI=1S/C18H28N2O2/c1-3-8-16-14-20(17(4-2)18(21)22)12-11-19(16)13-15-9-6-5-7-10-15/h5-7,9-10,16-17H,3-4,8,11-14H2,1-2H3,(H,21,22). The molecular weight excluding hydrogens is 276 g/mol. The summed E-state index contributed by atoms with van der Waals surface area (Å²) in [6, 6.07) is 10.7. The fourth-order valence-electron chi connectivity index (χ4n) is 3.42. The maximum absolute atomic E-state index is 11.4. The molecule has 1 fully saturated rings. The largest absolute Gasteiger partial charge is 0.480 e. The van der Waals surface area contributed by atoms with Crippen LogP contribution in [0.5, 0.6) is 0 Å². The molecule has 0 saturated carbocycles. The third-order valence-corrected chi connectivity index (χ3v) is 4.60. The van der Waals surface area contributed by atoms with Crippen molar-refractivity contribution >= 4 is 5.97 Å². The Bertz CT molecular complexity index is 463. The highest BCUT2D eigenvalue weighted by Crippen LogP contribution is 2.20. The molecule has 1 aromatic rings. The SMILES string of the molecule is CCCC1CN(C(CC)C(=O)O)CCN1Cc1ccccc1. The van der Waals surface area contributed by atoms with Crippen molar-refractivity contribution in [2.75, 3.05) is 19.6 Å². The zero-order chi connectivity index (χ0) is 15.9. The third kappa shape index (κ3) is 4.31. The van der Waals surface area contributed by atoms with Crippen molar-refractivity contribution in [1.29, 1.82) is 0 Å². The molecule has 2 rings (SSSR count). The van der Waals surface area contributed by atoms with Gasteiger partial charge in [-0.1, -0.05) is 50.6 Å². The average molecular weight is 304 g/mol. The Balaban J connectivity index is 2.03. The number of carboxylic acids is 1. The Morgan fingerprint density at radius 2 is 2.00 bits per heavy atom. The first-order valence-electron chi connectivity index (χ1n) is 8.40. The molecule has 0 radical (unpaired) electrons. The molecular formula is C18H28N2O2. The summed E-state index contributed by atoms with van der Waals surface area (Å²) in [6.07, 6.45) is 2.93. The van der Waals surface area contributed by atoms with Gasteiger partial charge in [-0.05, 0) is 18.4 Å². The van der Waals surface area contributed by atoms with Crippen LogP contribution >= 0.6 is 0 Å². The third-order valence-electron chi connectivity index (χ3n) is 4.60. The van der Waals surface area contributed by atoms with E-state index in [1.165, 1.54) is 5.56 Å². The van der Waals surface area contributed by atoms with Crippen LogP contribution in [0.15, 0.2) is 30.3 Å². The summed E-state index contributed by atoms with van der Waals surface area (Å²) in [5.41, 5.74) is 1.34. The topological polar surface area (TPSA) is 43.8 Å². The summed E-state index contributed by atoms with van der Waals surface area (Å²) in [4.78, 5) is 16.1. The highest BCUT2D eigenvalue weighted by Gasteiger charge is 2.32. The fourth-order valence-corrected chi connectivity index (χ4v) is 3.42. The zero-order valence-electron chi connectivity index (χ0n) is 13.7. The van der Waals surface area contributed by atoms with E-state index in [1.54, 1.807) is 0 Å². The number of nitrogens with zero attached hydrogens (tertiary/aromatic N) is 2. The Kier molecular flexibility index (Phi) is 6.40. The second-order valence-electron chi connectivity index (χ2n) is 6.16. The molecule has 1 aliphatic heterocycles. The van der Waals surface area contributed by atoms with E-state index in [4.69, 9.17) is 0 Å². The zero-order valence-corrected chi connectivity index (χ0v) is 13.7. The molecule has 0 spiro atoms. The van der Waals surface area contributed by atoms with E-state index in [2.05, 4.69) is 41.0 Å². The lowest BCUT2D eigenvalue weighted by atomic mass is 10.0. The summed E-state index contributed by atoms with van der Waals surface area (Å²) < 4.78 is 0. The van der Waals surface area contributed by atoms with Gasteiger partial charge in [-0.15, -0.1) is 0 Å². The summed E-state index contributed by atoms with van der Waals surface area (Å²) in [5.74, 6) is -0.686. The van der Waals surface area contributed by atoms with Crippen molar-refractivity contribution in [1.82, 2.24) is 9.80 Å². The molecule has 2 unspecified atom stereocenters. The van der Waals surface area contributed by atoms with Gasteiger partial charge in [0.05, 0.1) is 0 Å². The van der Waals surface area contributed by atoms with Crippen LogP contribution in [-0.4, -0.2) is 52.6 Å². The highest BCUT2D eigenvalue weighted by atomic mass is 16.4. The van der Waals surface area contributed by atoms with E-state index >= 15 is 0 Å². The van der Waals surface area contributed by atoms with Crippen molar-refractivity contribution in [2.24, 2.45) is 0 Å². The molecule has 22 heavy (non-hydrogen) atoms. The van der Waals surface area contributed by atoms with Crippen molar-refractivity contribution in [3.63, 3.8) is 0 Å². The quantitative estimate of drug-likeness (QED) is 0.841. The first-order chi connectivity index (χ1) is 10.7. The van der Waals surface area contributed by atoms with Crippen LogP contribution in [0.3, 0.4) is 0 Å². The molecule has 1 heterocycles. The Labute approximate surface area is 133 Å². The summed E-state index contributed by atoms with van der Waals surface area (Å²) >= 11 is 0. The normalized spacial score (nSPS) is 21.6. The summed E-state index contributed by atoms with van der Waals surface area (Å²) in [6.45, 7) is 7.79. The van der Waals surface area contributed by atoms with Crippen LogP contribution < -0.4 is 0 Å². The lowest BCUT2D eigenvalue weighted by molar-refractivity contribution is -0.144. The van der Waals surface area contributed by atoms with Gasteiger partial charge in [-0.25, -0.2) is 0 Å².